The van der Waals surface area contributed by atoms with E-state index in [1.54, 1.807) is 6.92 Å². The van der Waals surface area contributed by atoms with Gasteiger partial charge in [-0.25, -0.2) is 0 Å². The van der Waals surface area contributed by atoms with Gasteiger partial charge in [0.2, 0.25) is 0 Å². The molecule has 0 spiro atoms. The second-order valence-electron chi connectivity index (χ2n) is 5.36. The predicted octanol–water partition coefficient (Wildman–Crippen LogP) is 2.81. The Morgan fingerprint density at radius 1 is 1.28 bits per heavy atom. The Bertz CT molecular complexity index is 231. The van der Waals surface area contributed by atoms with Crippen molar-refractivity contribution in [1.29, 1.82) is 0 Å². The first kappa shape index (κ1) is 17.4. The molecule has 4 heteroatoms. The maximum Gasteiger partial charge on any atom is 0.323 e. The van der Waals surface area contributed by atoms with Gasteiger partial charge in [-0.3, -0.25) is 10.1 Å². The first-order valence-corrected chi connectivity index (χ1v) is 7.01. The summed E-state index contributed by atoms with van der Waals surface area (Å²) < 4.78 is 5.50. The van der Waals surface area contributed by atoms with Crippen LogP contribution in [0, 0.1) is 0 Å². The van der Waals surface area contributed by atoms with Gasteiger partial charge in [-0.05, 0) is 33.6 Å². The van der Waals surface area contributed by atoms with Crippen LogP contribution in [0.25, 0.3) is 0 Å². The molecule has 0 aromatic heterocycles. The summed E-state index contributed by atoms with van der Waals surface area (Å²) in [7, 11) is 0. The van der Waals surface area contributed by atoms with Crippen LogP contribution >= 0.6 is 0 Å². The number of carbonyl (C=O) groups is 1. The number of carboxylic acids is 1. The third-order valence-electron chi connectivity index (χ3n) is 2.97. The van der Waals surface area contributed by atoms with Crippen molar-refractivity contribution in [2.75, 3.05) is 13.2 Å². The Hall–Kier alpha value is -0.610. The van der Waals surface area contributed by atoms with Gasteiger partial charge >= 0.3 is 5.97 Å². The van der Waals surface area contributed by atoms with Crippen LogP contribution in [-0.4, -0.2) is 35.9 Å². The van der Waals surface area contributed by atoms with Gasteiger partial charge in [0.15, 0.2) is 0 Å². The molecule has 0 bridgehead atoms. The van der Waals surface area contributed by atoms with E-state index in [9.17, 15) is 9.90 Å². The summed E-state index contributed by atoms with van der Waals surface area (Å²) >= 11 is 0. The molecule has 2 N–H and O–H groups in total. The van der Waals surface area contributed by atoms with Gasteiger partial charge in [0.1, 0.15) is 5.54 Å². The van der Waals surface area contributed by atoms with Gasteiger partial charge < -0.3 is 9.84 Å². The van der Waals surface area contributed by atoms with Crippen LogP contribution in [0.5, 0.6) is 0 Å². The summed E-state index contributed by atoms with van der Waals surface area (Å²) in [5.41, 5.74) is -0.891. The van der Waals surface area contributed by atoms with E-state index in [1.165, 1.54) is 19.3 Å². The molecule has 1 unspecified atom stereocenters. The summed E-state index contributed by atoms with van der Waals surface area (Å²) in [5, 5.41) is 12.3. The molecule has 0 amide bonds. The Kier molecular flexibility index (Phi) is 9.02. The zero-order valence-corrected chi connectivity index (χ0v) is 12.3. The topological polar surface area (TPSA) is 58.6 Å². The van der Waals surface area contributed by atoms with Crippen LogP contribution < -0.4 is 5.32 Å². The number of hydrogen-bond acceptors (Lipinski definition) is 3. The highest BCUT2D eigenvalue weighted by Gasteiger charge is 2.32. The van der Waals surface area contributed by atoms with Gasteiger partial charge in [-0.1, -0.05) is 26.2 Å². The van der Waals surface area contributed by atoms with Crippen molar-refractivity contribution in [2.24, 2.45) is 0 Å². The molecule has 0 fully saturated rings. The zero-order chi connectivity index (χ0) is 14.0. The second-order valence-corrected chi connectivity index (χ2v) is 5.36. The van der Waals surface area contributed by atoms with Gasteiger partial charge in [0, 0.05) is 19.3 Å². The Labute approximate surface area is 111 Å². The van der Waals surface area contributed by atoms with E-state index in [1.807, 2.05) is 13.8 Å². The molecule has 108 valence electrons. The predicted molar refractivity (Wildman–Crippen MR) is 73.9 cm³/mol. The standard InChI is InChI=1S/C14H29NO3/c1-5-6-7-8-10-18-11-9-14(4,13(16)17)15-12(2)3/h12,15H,5-11H2,1-4H3,(H,16,17). The van der Waals surface area contributed by atoms with E-state index >= 15 is 0 Å². The fourth-order valence-electron chi connectivity index (χ4n) is 1.89. The average molecular weight is 259 g/mol. The molecule has 0 rings (SSSR count). The van der Waals surface area contributed by atoms with Crippen LogP contribution in [0.3, 0.4) is 0 Å². The van der Waals surface area contributed by atoms with Crippen LogP contribution in [0.2, 0.25) is 0 Å². The number of aliphatic carboxylic acids is 1. The summed E-state index contributed by atoms with van der Waals surface area (Å²) in [6, 6.07) is 0.149. The molecule has 0 saturated heterocycles. The number of unbranched alkanes of at least 4 members (excludes halogenated alkanes) is 3. The number of carboxylic acid groups (broad SMARTS) is 1. The lowest BCUT2D eigenvalue weighted by atomic mass is 9.97. The Morgan fingerprint density at radius 3 is 2.44 bits per heavy atom. The van der Waals surface area contributed by atoms with Crippen LogP contribution in [0.15, 0.2) is 0 Å². The van der Waals surface area contributed by atoms with Gasteiger partial charge in [0.05, 0.1) is 0 Å². The van der Waals surface area contributed by atoms with Gasteiger partial charge in [0.25, 0.3) is 0 Å². The quantitative estimate of drug-likeness (QED) is 0.560. The molecular formula is C14H29NO3. The second kappa shape index (κ2) is 9.34. The molecule has 1 atom stereocenters. The molecule has 0 aliphatic carbocycles. The SMILES string of the molecule is CCCCCCOCCC(C)(NC(C)C)C(=O)O. The first-order valence-electron chi connectivity index (χ1n) is 7.01. The zero-order valence-electron chi connectivity index (χ0n) is 12.3. The number of hydrogen-bond donors (Lipinski definition) is 2. The average Bonchev–Trinajstić information content (AvgIpc) is 2.26. The van der Waals surface area contributed by atoms with Crippen molar-refractivity contribution in [3.63, 3.8) is 0 Å². The summed E-state index contributed by atoms with van der Waals surface area (Å²) in [6.45, 7) is 9.03. The lowest BCUT2D eigenvalue weighted by Gasteiger charge is -2.28. The van der Waals surface area contributed by atoms with E-state index in [4.69, 9.17) is 4.74 Å². The Balaban J connectivity index is 3.81. The van der Waals surface area contributed by atoms with Crippen LogP contribution in [0.4, 0.5) is 0 Å². The molecule has 0 aromatic rings. The van der Waals surface area contributed by atoms with Crippen molar-refractivity contribution < 1.29 is 14.6 Å². The minimum absolute atomic E-state index is 0.149. The maximum atomic E-state index is 11.2. The fraction of sp³-hybridized carbons (Fsp3) is 0.929. The molecule has 0 saturated carbocycles. The van der Waals surface area contributed by atoms with Crippen molar-refractivity contribution in [1.82, 2.24) is 5.32 Å². The number of rotatable bonds is 11. The first-order chi connectivity index (χ1) is 8.42. The van der Waals surface area contributed by atoms with Crippen LogP contribution in [0.1, 0.15) is 59.8 Å². The van der Waals surface area contributed by atoms with E-state index in [0.717, 1.165) is 13.0 Å². The maximum absolute atomic E-state index is 11.2. The number of ether oxygens (including phenoxy) is 1. The minimum Gasteiger partial charge on any atom is -0.480 e. The highest BCUT2D eigenvalue weighted by molar-refractivity contribution is 5.78. The van der Waals surface area contributed by atoms with Gasteiger partial charge in [-0.15, -0.1) is 0 Å². The summed E-state index contributed by atoms with van der Waals surface area (Å²) in [6.07, 6.45) is 5.21. The highest BCUT2D eigenvalue weighted by atomic mass is 16.5. The molecule has 18 heavy (non-hydrogen) atoms. The van der Waals surface area contributed by atoms with Crippen molar-refractivity contribution in [3.05, 3.63) is 0 Å². The van der Waals surface area contributed by atoms with Crippen molar-refractivity contribution in [3.8, 4) is 0 Å². The van der Waals surface area contributed by atoms with Crippen molar-refractivity contribution in [2.45, 2.75) is 71.4 Å². The minimum atomic E-state index is -0.891. The monoisotopic (exact) mass is 259 g/mol. The lowest BCUT2D eigenvalue weighted by Crippen LogP contribution is -2.53. The third kappa shape index (κ3) is 7.67. The molecule has 0 radical (unpaired) electrons. The smallest absolute Gasteiger partial charge is 0.323 e. The molecule has 4 nitrogen and oxygen atoms in total. The lowest BCUT2D eigenvalue weighted by molar-refractivity contribution is -0.145. The Morgan fingerprint density at radius 2 is 1.94 bits per heavy atom. The largest absolute Gasteiger partial charge is 0.480 e. The molecular weight excluding hydrogens is 230 g/mol. The van der Waals surface area contributed by atoms with E-state index in [0.29, 0.717) is 13.0 Å². The molecule has 0 aliphatic rings. The third-order valence-corrected chi connectivity index (χ3v) is 2.97. The fourth-order valence-corrected chi connectivity index (χ4v) is 1.89. The highest BCUT2D eigenvalue weighted by Crippen LogP contribution is 2.12. The normalized spacial score (nSPS) is 14.7. The summed E-state index contributed by atoms with van der Waals surface area (Å²) in [5.74, 6) is -0.814. The van der Waals surface area contributed by atoms with E-state index in [-0.39, 0.29) is 6.04 Å². The van der Waals surface area contributed by atoms with Crippen molar-refractivity contribution >= 4 is 5.97 Å². The van der Waals surface area contributed by atoms with Crippen LogP contribution in [-0.2, 0) is 9.53 Å². The number of nitrogens with one attached hydrogen (secondary N) is 1. The summed E-state index contributed by atoms with van der Waals surface area (Å²) in [4.78, 5) is 11.2. The molecule has 0 aliphatic heterocycles. The van der Waals surface area contributed by atoms with E-state index in [2.05, 4.69) is 12.2 Å². The molecule has 0 heterocycles. The van der Waals surface area contributed by atoms with E-state index < -0.39 is 11.5 Å². The van der Waals surface area contributed by atoms with Gasteiger partial charge in [-0.2, -0.15) is 0 Å². The molecule has 0 aromatic carbocycles.